The lowest BCUT2D eigenvalue weighted by atomic mass is 9.94. The van der Waals surface area contributed by atoms with Gasteiger partial charge in [0.05, 0.1) is 6.61 Å². The minimum absolute atomic E-state index is 0.0159. The molecule has 0 spiro atoms. The van der Waals surface area contributed by atoms with Gasteiger partial charge in [-0.3, -0.25) is 14.4 Å². The Kier molecular flexibility index (Phi) is 13.1. The molecule has 2 aromatic rings. The van der Waals surface area contributed by atoms with Crippen LogP contribution in [0.25, 0.3) is 0 Å². The zero-order chi connectivity index (χ0) is 29.5. The summed E-state index contributed by atoms with van der Waals surface area (Å²) < 4.78 is 5.46. The monoisotopic (exact) mass is 567 g/mol. The van der Waals surface area contributed by atoms with Gasteiger partial charge in [0.2, 0.25) is 11.8 Å². The Morgan fingerprint density at radius 2 is 1.56 bits per heavy atom. The summed E-state index contributed by atoms with van der Waals surface area (Å²) in [7, 11) is 0. The summed E-state index contributed by atoms with van der Waals surface area (Å²) in [4.78, 5) is 57.5. The van der Waals surface area contributed by atoms with E-state index in [-0.39, 0.29) is 32.6 Å². The van der Waals surface area contributed by atoms with E-state index >= 15 is 0 Å². The lowest BCUT2D eigenvalue weighted by Gasteiger charge is -2.42. The highest BCUT2D eigenvalue weighted by Gasteiger charge is 2.43. The van der Waals surface area contributed by atoms with E-state index in [0.29, 0.717) is 19.3 Å². The standard InChI is InChI=1S/C31H41N3O7/c1-2-3-4-5-12-18-26(21-28(35)32-41-23-25-16-10-7-11-17-25)29(36)34-27(30(37)38)19-13-20-33(34)31(39)40-22-24-14-8-6-9-15-24/h6-11,14-17,26-27H,2-5,12-13,18-23H2,1H3,(H,32,35)(H,37,38)/t26-,27+/m1/s1. The fourth-order valence-corrected chi connectivity index (χ4v) is 4.84. The molecule has 3 rings (SSSR count). The Balaban J connectivity index is 1.72. The maximum Gasteiger partial charge on any atom is 0.429 e. The molecule has 0 bridgehead atoms. The molecule has 0 aliphatic carbocycles. The normalized spacial score (nSPS) is 15.7. The number of carboxylic acids is 1. The summed E-state index contributed by atoms with van der Waals surface area (Å²) >= 11 is 0. The number of nitrogens with one attached hydrogen (secondary N) is 1. The number of carboxylic acid groups (broad SMARTS) is 1. The molecule has 0 saturated carbocycles. The number of hydrogen-bond acceptors (Lipinski definition) is 6. The number of carbonyl (C=O) groups excluding carboxylic acids is 3. The molecule has 1 aliphatic heterocycles. The van der Waals surface area contributed by atoms with Crippen molar-refractivity contribution >= 4 is 23.9 Å². The predicted octanol–water partition coefficient (Wildman–Crippen LogP) is 5.23. The van der Waals surface area contributed by atoms with Gasteiger partial charge in [0.15, 0.2) is 6.04 Å². The smallest absolute Gasteiger partial charge is 0.429 e. The molecule has 1 aliphatic rings. The average molecular weight is 568 g/mol. The summed E-state index contributed by atoms with van der Waals surface area (Å²) in [6, 6.07) is 17.2. The first-order valence-electron chi connectivity index (χ1n) is 14.4. The molecule has 3 amide bonds. The number of hydroxylamine groups is 1. The fourth-order valence-electron chi connectivity index (χ4n) is 4.84. The van der Waals surface area contributed by atoms with Crippen molar-refractivity contribution in [3.8, 4) is 0 Å². The maximum absolute atomic E-state index is 13.9. The number of hydrazine groups is 1. The topological polar surface area (TPSA) is 125 Å². The van der Waals surface area contributed by atoms with Gasteiger partial charge in [-0.1, -0.05) is 99.7 Å². The second-order valence-electron chi connectivity index (χ2n) is 10.2. The van der Waals surface area contributed by atoms with Crippen molar-refractivity contribution in [3.05, 3.63) is 71.8 Å². The number of aliphatic carboxylic acids is 1. The summed E-state index contributed by atoms with van der Waals surface area (Å²) in [5, 5.41) is 12.0. The number of benzene rings is 2. The van der Waals surface area contributed by atoms with Crippen molar-refractivity contribution in [2.75, 3.05) is 6.54 Å². The van der Waals surface area contributed by atoms with Crippen molar-refractivity contribution in [2.24, 2.45) is 5.92 Å². The van der Waals surface area contributed by atoms with Gasteiger partial charge >= 0.3 is 12.1 Å². The summed E-state index contributed by atoms with van der Waals surface area (Å²) in [5.74, 6) is -3.12. The van der Waals surface area contributed by atoms with Gasteiger partial charge in [0.25, 0.3) is 0 Å². The van der Waals surface area contributed by atoms with Crippen LogP contribution in [-0.2, 0) is 37.2 Å². The Morgan fingerprint density at radius 1 is 0.927 bits per heavy atom. The predicted molar refractivity (Wildman–Crippen MR) is 152 cm³/mol. The van der Waals surface area contributed by atoms with Crippen LogP contribution in [0.5, 0.6) is 0 Å². The first-order chi connectivity index (χ1) is 19.9. The largest absolute Gasteiger partial charge is 0.480 e. The van der Waals surface area contributed by atoms with Gasteiger partial charge in [-0.05, 0) is 30.4 Å². The highest BCUT2D eigenvalue weighted by Crippen LogP contribution is 2.26. The lowest BCUT2D eigenvalue weighted by Crippen LogP contribution is -2.61. The number of rotatable bonds is 15. The van der Waals surface area contributed by atoms with E-state index in [0.717, 1.165) is 46.8 Å². The molecule has 10 nitrogen and oxygen atoms in total. The molecule has 1 fully saturated rings. The molecule has 2 atom stereocenters. The van der Waals surface area contributed by atoms with Gasteiger partial charge in [-0.15, -0.1) is 0 Å². The Labute approximate surface area is 241 Å². The van der Waals surface area contributed by atoms with E-state index in [1.165, 1.54) is 0 Å². The molecule has 41 heavy (non-hydrogen) atoms. The van der Waals surface area contributed by atoms with Gasteiger partial charge in [-0.2, -0.15) is 0 Å². The van der Waals surface area contributed by atoms with E-state index < -0.39 is 35.8 Å². The molecule has 0 aromatic heterocycles. The molecular formula is C31H41N3O7. The van der Waals surface area contributed by atoms with Gasteiger partial charge < -0.3 is 9.84 Å². The number of unbranched alkanes of at least 4 members (excludes halogenated alkanes) is 4. The fraction of sp³-hybridized carbons (Fsp3) is 0.484. The summed E-state index contributed by atoms with van der Waals surface area (Å²) in [5.41, 5.74) is 4.05. The third-order valence-electron chi connectivity index (χ3n) is 7.03. The maximum atomic E-state index is 13.9. The van der Waals surface area contributed by atoms with Gasteiger partial charge in [-0.25, -0.2) is 25.1 Å². The van der Waals surface area contributed by atoms with Crippen LogP contribution in [0.1, 0.15) is 75.8 Å². The zero-order valence-electron chi connectivity index (χ0n) is 23.7. The third kappa shape index (κ3) is 10.2. The summed E-state index contributed by atoms with van der Waals surface area (Å²) in [6.45, 7) is 2.40. The van der Waals surface area contributed by atoms with Crippen molar-refractivity contribution in [3.63, 3.8) is 0 Å². The van der Waals surface area contributed by atoms with Crippen molar-refractivity contribution in [2.45, 2.75) is 84.0 Å². The quantitative estimate of drug-likeness (QED) is 0.223. The van der Waals surface area contributed by atoms with Crippen LogP contribution >= 0.6 is 0 Å². The minimum atomic E-state index is -1.24. The van der Waals surface area contributed by atoms with Crippen LogP contribution in [0, 0.1) is 5.92 Å². The highest BCUT2D eigenvalue weighted by molar-refractivity contribution is 5.90. The third-order valence-corrected chi connectivity index (χ3v) is 7.03. The van der Waals surface area contributed by atoms with Crippen LogP contribution in [0.2, 0.25) is 0 Å². The van der Waals surface area contributed by atoms with Crippen LogP contribution in [0.15, 0.2) is 60.7 Å². The first kappa shape index (κ1) is 31.6. The SMILES string of the molecule is CCCCCCC[C@H](CC(=O)NOCc1ccccc1)C(=O)N1[C@H](C(=O)O)CCCN1C(=O)OCc1ccccc1. The van der Waals surface area contributed by atoms with Crippen LogP contribution in [-0.4, -0.2) is 51.6 Å². The van der Waals surface area contributed by atoms with Gasteiger partial charge in [0, 0.05) is 18.9 Å². The molecule has 222 valence electrons. The molecule has 0 unspecified atom stereocenters. The molecule has 2 aromatic carbocycles. The van der Waals surface area contributed by atoms with Crippen LogP contribution in [0.3, 0.4) is 0 Å². The summed E-state index contributed by atoms with van der Waals surface area (Å²) in [6.07, 6.45) is 4.69. The van der Waals surface area contributed by atoms with Gasteiger partial charge in [0.1, 0.15) is 6.61 Å². The molecular weight excluding hydrogens is 526 g/mol. The van der Waals surface area contributed by atoms with E-state index in [2.05, 4.69) is 12.4 Å². The second-order valence-corrected chi connectivity index (χ2v) is 10.2. The Hall–Kier alpha value is -3.92. The van der Waals surface area contributed by atoms with Crippen molar-refractivity contribution in [1.29, 1.82) is 0 Å². The zero-order valence-corrected chi connectivity index (χ0v) is 23.7. The van der Waals surface area contributed by atoms with Crippen molar-refractivity contribution < 1.29 is 33.9 Å². The Morgan fingerprint density at radius 3 is 2.20 bits per heavy atom. The molecule has 2 N–H and O–H groups in total. The number of amides is 3. The van der Waals surface area contributed by atoms with E-state index in [1.54, 1.807) is 12.1 Å². The lowest BCUT2D eigenvalue weighted by molar-refractivity contribution is -0.174. The molecule has 1 heterocycles. The number of hydrogen-bond donors (Lipinski definition) is 2. The minimum Gasteiger partial charge on any atom is -0.480 e. The van der Waals surface area contributed by atoms with Crippen LogP contribution in [0.4, 0.5) is 4.79 Å². The van der Waals surface area contributed by atoms with E-state index in [4.69, 9.17) is 9.57 Å². The van der Waals surface area contributed by atoms with E-state index in [9.17, 15) is 24.3 Å². The highest BCUT2D eigenvalue weighted by atomic mass is 16.6. The number of ether oxygens (including phenoxy) is 1. The number of carbonyl (C=O) groups is 4. The molecule has 1 saturated heterocycles. The molecule has 0 radical (unpaired) electrons. The second kappa shape index (κ2) is 17.0. The Bertz CT molecular complexity index is 1110. The van der Waals surface area contributed by atoms with E-state index in [1.807, 2.05) is 48.5 Å². The number of nitrogens with zero attached hydrogens (tertiary/aromatic N) is 2. The van der Waals surface area contributed by atoms with Crippen LogP contribution < -0.4 is 5.48 Å². The van der Waals surface area contributed by atoms with Crippen molar-refractivity contribution in [1.82, 2.24) is 15.5 Å². The average Bonchev–Trinajstić information content (AvgIpc) is 2.99. The molecule has 10 heteroatoms. The first-order valence-corrected chi connectivity index (χ1v) is 14.4.